The van der Waals surface area contributed by atoms with Gasteiger partial charge in [0.2, 0.25) is 5.91 Å². The number of amides is 1. The van der Waals surface area contributed by atoms with Crippen molar-refractivity contribution in [1.82, 2.24) is 4.90 Å². The molecule has 100 valence electrons. The second-order valence-electron chi connectivity index (χ2n) is 5.00. The van der Waals surface area contributed by atoms with Crippen LogP contribution in [0.3, 0.4) is 0 Å². The van der Waals surface area contributed by atoms with E-state index in [1.54, 1.807) is 7.11 Å². The highest BCUT2D eigenvalue weighted by Gasteiger charge is 2.35. The maximum Gasteiger partial charge on any atom is 0.239 e. The van der Waals surface area contributed by atoms with Crippen molar-refractivity contribution in [3.05, 3.63) is 0 Å². The zero-order valence-corrected chi connectivity index (χ0v) is 11.3. The SMILES string of the molecule is CCC[C@H](N)C(=O)N(CCOC)C(C)C1CC1. The molecule has 0 aromatic heterocycles. The summed E-state index contributed by atoms with van der Waals surface area (Å²) in [5, 5.41) is 0. The molecular formula is C13H26N2O2. The lowest BCUT2D eigenvalue weighted by atomic mass is 10.1. The fourth-order valence-electron chi connectivity index (χ4n) is 2.18. The van der Waals surface area contributed by atoms with E-state index in [0.717, 1.165) is 12.8 Å². The molecule has 0 spiro atoms. The Balaban J connectivity index is 2.56. The molecule has 1 aliphatic rings. The summed E-state index contributed by atoms with van der Waals surface area (Å²) >= 11 is 0. The number of ether oxygens (including phenoxy) is 1. The molecule has 4 heteroatoms. The molecule has 17 heavy (non-hydrogen) atoms. The van der Waals surface area contributed by atoms with Crippen LogP contribution in [-0.4, -0.2) is 43.2 Å². The summed E-state index contributed by atoms with van der Waals surface area (Å²) in [5.74, 6) is 0.757. The van der Waals surface area contributed by atoms with Crippen molar-refractivity contribution in [2.24, 2.45) is 11.7 Å². The first-order valence-corrected chi connectivity index (χ1v) is 6.66. The van der Waals surface area contributed by atoms with Crippen molar-refractivity contribution in [3.8, 4) is 0 Å². The maximum atomic E-state index is 12.3. The van der Waals surface area contributed by atoms with Crippen molar-refractivity contribution >= 4 is 5.91 Å². The highest BCUT2D eigenvalue weighted by molar-refractivity contribution is 5.82. The fourth-order valence-corrected chi connectivity index (χ4v) is 2.18. The summed E-state index contributed by atoms with van der Waals surface area (Å²) in [6.07, 6.45) is 4.18. The molecule has 0 aliphatic heterocycles. The molecule has 4 nitrogen and oxygen atoms in total. The van der Waals surface area contributed by atoms with Crippen molar-refractivity contribution in [3.63, 3.8) is 0 Å². The van der Waals surface area contributed by atoms with Crippen LogP contribution < -0.4 is 5.73 Å². The first-order valence-electron chi connectivity index (χ1n) is 6.66. The van der Waals surface area contributed by atoms with Gasteiger partial charge in [-0.05, 0) is 32.1 Å². The molecule has 2 N–H and O–H groups in total. The first-order chi connectivity index (χ1) is 8.11. The lowest BCUT2D eigenvalue weighted by molar-refractivity contribution is -0.136. The van der Waals surface area contributed by atoms with Gasteiger partial charge >= 0.3 is 0 Å². The summed E-state index contributed by atoms with van der Waals surface area (Å²) in [4.78, 5) is 14.2. The van der Waals surface area contributed by atoms with Gasteiger partial charge in [0.05, 0.1) is 12.6 Å². The number of hydrogen-bond donors (Lipinski definition) is 1. The Morgan fingerprint density at radius 3 is 2.65 bits per heavy atom. The largest absolute Gasteiger partial charge is 0.383 e. The highest BCUT2D eigenvalue weighted by Crippen LogP contribution is 2.35. The molecule has 0 aromatic rings. The summed E-state index contributed by atoms with van der Waals surface area (Å²) in [6, 6.07) is -0.0430. The molecule has 0 heterocycles. The minimum atomic E-state index is -0.349. The number of carbonyl (C=O) groups excluding carboxylic acids is 1. The number of nitrogens with zero attached hydrogens (tertiary/aromatic N) is 1. The Kier molecular flexibility index (Phi) is 5.92. The third-order valence-corrected chi connectivity index (χ3v) is 3.53. The van der Waals surface area contributed by atoms with E-state index in [-0.39, 0.29) is 11.9 Å². The quantitative estimate of drug-likeness (QED) is 0.699. The van der Waals surface area contributed by atoms with Crippen LogP contribution in [0, 0.1) is 5.92 Å². The zero-order valence-electron chi connectivity index (χ0n) is 11.3. The molecule has 1 aliphatic carbocycles. The molecule has 1 rings (SSSR count). The van der Waals surface area contributed by atoms with E-state index in [0.29, 0.717) is 25.1 Å². The van der Waals surface area contributed by atoms with Crippen molar-refractivity contribution in [1.29, 1.82) is 0 Å². The highest BCUT2D eigenvalue weighted by atomic mass is 16.5. The monoisotopic (exact) mass is 242 g/mol. The number of carbonyl (C=O) groups is 1. The molecule has 2 atom stereocenters. The smallest absolute Gasteiger partial charge is 0.239 e. The lowest BCUT2D eigenvalue weighted by Crippen LogP contribution is -2.49. The van der Waals surface area contributed by atoms with Gasteiger partial charge in [0.25, 0.3) is 0 Å². The maximum absolute atomic E-state index is 12.3. The van der Waals surface area contributed by atoms with Crippen LogP contribution in [0.4, 0.5) is 0 Å². The minimum absolute atomic E-state index is 0.0864. The summed E-state index contributed by atoms with van der Waals surface area (Å²) in [6.45, 7) is 5.42. The molecule has 1 unspecified atom stereocenters. The summed E-state index contributed by atoms with van der Waals surface area (Å²) < 4.78 is 5.08. The van der Waals surface area contributed by atoms with Crippen LogP contribution in [-0.2, 0) is 9.53 Å². The topological polar surface area (TPSA) is 55.6 Å². The normalized spacial score (nSPS) is 18.8. The molecule has 0 saturated heterocycles. The van der Waals surface area contributed by atoms with Gasteiger partial charge in [-0.2, -0.15) is 0 Å². The predicted molar refractivity (Wildman–Crippen MR) is 68.7 cm³/mol. The number of hydrogen-bond acceptors (Lipinski definition) is 3. The zero-order chi connectivity index (χ0) is 12.8. The minimum Gasteiger partial charge on any atom is -0.383 e. The van der Waals surface area contributed by atoms with Gasteiger partial charge in [-0.15, -0.1) is 0 Å². The second kappa shape index (κ2) is 6.97. The third kappa shape index (κ3) is 4.28. The lowest BCUT2D eigenvalue weighted by Gasteiger charge is -2.31. The third-order valence-electron chi connectivity index (χ3n) is 3.53. The second-order valence-corrected chi connectivity index (χ2v) is 5.00. The number of rotatable bonds is 8. The van der Waals surface area contributed by atoms with E-state index in [4.69, 9.17) is 10.5 Å². The Bertz CT molecular complexity index is 242. The van der Waals surface area contributed by atoms with Crippen LogP contribution in [0.2, 0.25) is 0 Å². The molecule has 1 fully saturated rings. The van der Waals surface area contributed by atoms with Crippen molar-refractivity contribution < 1.29 is 9.53 Å². The van der Waals surface area contributed by atoms with E-state index >= 15 is 0 Å². The van der Waals surface area contributed by atoms with Gasteiger partial charge in [-0.1, -0.05) is 13.3 Å². The van der Waals surface area contributed by atoms with E-state index < -0.39 is 0 Å². The average molecular weight is 242 g/mol. The fraction of sp³-hybridized carbons (Fsp3) is 0.923. The average Bonchev–Trinajstić information content (AvgIpc) is 3.13. The first kappa shape index (κ1) is 14.5. The van der Waals surface area contributed by atoms with Crippen molar-refractivity contribution in [2.75, 3.05) is 20.3 Å². The molecular weight excluding hydrogens is 216 g/mol. The molecule has 1 amide bonds. The van der Waals surface area contributed by atoms with Gasteiger partial charge < -0.3 is 15.4 Å². The number of methoxy groups -OCH3 is 1. The predicted octanol–water partition coefficient (Wildman–Crippen LogP) is 1.39. The Hall–Kier alpha value is -0.610. The van der Waals surface area contributed by atoms with Crippen LogP contribution in [0.25, 0.3) is 0 Å². The summed E-state index contributed by atoms with van der Waals surface area (Å²) in [7, 11) is 1.66. The summed E-state index contributed by atoms with van der Waals surface area (Å²) in [5.41, 5.74) is 5.93. The van der Waals surface area contributed by atoms with Crippen LogP contribution in [0.1, 0.15) is 39.5 Å². The van der Waals surface area contributed by atoms with E-state index in [2.05, 4.69) is 13.8 Å². The molecule has 0 aromatic carbocycles. The Labute approximate surface area is 104 Å². The number of nitrogens with two attached hydrogens (primary N) is 1. The standard InChI is InChI=1S/C13H26N2O2/c1-4-5-12(14)13(16)15(8-9-17-3)10(2)11-6-7-11/h10-12H,4-9,14H2,1-3H3/t10?,12-/m0/s1. The molecule has 1 saturated carbocycles. The van der Waals surface area contributed by atoms with Crippen LogP contribution >= 0.6 is 0 Å². The molecule has 0 radical (unpaired) electrons. The van der Waals surface area contributed by atoms with E-state index in [1.165, 1.54) is 12.8 Å². The van der Waals surface area contributed by atoms with Gasteiger partial charge in [-0.25, -0.2) is 0 Å². The van der Waals surface area contributed by atoms with E-state index in [1.807, 2.05) is 4.90 Å². The Morgan fingerprint density at radius 1 is 1.53 bits per heavy atom. The van der Waals surface area contributed by atoms with Gasteiger partial charge in [0.15, 0.2) is 0 Å². The molecule has 0 bridgehead atoms. The van der Waals surface area contributed by atoms with E-state index in [9.17, 15) is 4.79 Å². The Morgan fingerprint density at radius 2 is 2.18 bits per heavy atom. The van der Waals surface area contributed by atoms with Gasteiger partial charge in [0, 0.05) is 19.7 Å². The van der Waals surface area contributed by atoms with Crippen molar-refractivity contribution in [2.45, 2.75) is 51.6 Å². The van der Waals surface area contributed by atoms with Gasteiger partial charge in [-0.3, -0.25) is 4.79 Å². The van der Waals surface area contributed by atoms with Crippen LogP contribution in [0.5, 0.6) is 0 Å². The van der Waals surface area contributed by atoms with Gasteiger partial charge in [0.1, 0.15) is 0 Å². The van der Waals surface area contributed by atoms with Crippen LogP contribution in [0.15, 0.2) is 0 Å².